The Morgan fingerprint density at radius 3 is 2.57 bits per heavy atom. The van der Waals surface area contributed by atoms with Crippen molar-refractivity contribution in [1.29, 1.82) is 0 Å². The van der Waals surface area contributed by atoms with Gasteiger partial charge in [0.1, 0.15) is 5.69 Å². The lowest BCUT2D eigenvalue weighted by Gasteiger charge is -2.20. The van der Waals surface area contributed by atoms with E-state index in [9.17, 15) is 14.9 Å². The van der Waals surface area contributed by atoms with Gasteiger partial charge in [-0.15, -0.1) is 0 Å². The summed E-state index contributed by atoms with van der Waals surface area (Å²) in [5.74, 6) is 0. The van der Waals surface area contributed by atoms with Gasteiger partial charge < -0.3 is 9.64 Å². The van der Waals surface area contributed by atoms with Crippen LogP contribution in [0.25, 0.3) is 0 Å². The molecule has 0 bridgehead atoms. The molecule has 1 N–H and O–H groups in total. The van der Waals surface area contributed by atoms with Crippen molar-refractivity contribution >= 4 is 23.2 Å². The molecule has 0 fully saturated rings. The van der Waals surface area contributed by atoms with Crippen LogP contribution in [0, 0.1) is 10.1 Å². The first-order valence-electron chi connectivity index (χ1n) is 6.89. The normalized spacial score (nSPS) is 10.0. The van der Waals surface area contributed by atoms with Crippen LogP contribution in [0.3, 0.4) is 0 Å². The molecule has 0 aliphatic carbocycles. The molecule has 0 saturated heterocycles. The fourth-order valence-electron chi connectivity index (χ4n) is 2.17. The molecule has 0 radical (unpaired) electrons. The summed E-state index contributed by atoms with van der Waals surface area (Å²) in [4.78, 5) is 23.8. The van der Waals surface area contributed by atoms with E-state index in [1.807, 2.05) is 30.3 Å². The van der Waals surface area contributed by atoms with Crippen molar-refractivity contribution in [2.24, 2.45) is 0 Å². The molecule has 0 aromatic heterocycles. The Kier molecular flexibility index (Phi) is 5.14. The second-order valence-corrected chi connectivity index (χ2v) is 4.92. The number of hydrogen-bond donors (Lipinski definition) is 1. The minimum atomic E-state index is -0.629. The fraction of sp³-hybridized carbons (Fsp3) is 0.188. The lowest BCUT2D eigenvalue weighted by Crippen LogP contribution is -2.18. The number of nitrogens with one attached hydrogen (secondary N) is 1. The Balaban J connectivity index is 2.31. The average molecular weight is 315 g/mol. The van der Waals surface area contributed by atoms with Gasteiger partial charge in [0.15, 0.2) is 0 Å². The van der Waals surface area contributed by atoms with E-state index >= 15 is 0 Å². The number of carbonyl (C=O) groups excluding carboxylic acids is 1. The molecule has 7 nitrogen and oxygen atoms in total. The van der Waals surface area contributed by atoms with Gasteiger partial charge in [-0.05, 0) is 17.7 Å². The van der Waals surface area contributed by atoms with Gasteiger partial charge in [0, 0.05) is 25.3 Å². The number of nitrogens with zero attached hydrogens (tertiary/aromatic N) is 2. The molecule has 0 heterocycles. The molecule has 1 amide bonds. The molecule has 0 aliphatic heterocycles. The number of amides is 1. The lowest BCUT2D eigenvalue weighted by molar-refractivity contribution is -0.384. The predicted molar refractivity (Wildman–Crippen MR) is 87.7 cm³/mol. The summed E-state index contributed by atoms with van der Waals surface area (Å²) in [5, 5.41) is 13.7. The van der Waals surface area contributed by atoms with Crippen LogP contribution >= 0.6 is 0 Å². The molecule has 120 valence electrons. The Hall–Kier alpha value is -3.09. The molecule has 2 rings (SSSR count). The maximum absolute atomic E-state index is 11.3. The lowest BCUT2D eigenvalue weighted by atomic mass is 10.2. The summed E-state index contributed by atoms with van der Waals surface area (Å²) in [6, 6.07) is 14.0. The van der Waals surface area contributed by atoms with Crippen molar-refractivity contribution in [3.05, 3.63) is 64.2 Å². The Labute approximate surface area is 133 Å². The number of benzene rings is 2. The maximum atomic E-state index is 11.3. The number of rotatable bonds is 5. The second-order valence-electron chi connectivity index (χ2n) is 4.92. The quantitative estimate of drug-likeness (QED) is 0.675. The smallest absolute Gasteiger partial charge is 0.411 e. The maximum Gasteiger partial charge on any atom is 0.411 e. The molecule has 23 heavy (non-hydrogen) atoms. The molecular weight excluding hydrogens is 298 g/mol. The highest BCUT2D eigenvalue weighted by molar-refractivity contribution is 5.86. The minimum absolute atomic E-state index is 0.0288. The zero-order valence-electron chi connectivity index (χ0n) is 12.9. The van der Waals surface area contributed by atoms with Crippen LogP contribution in [-0.2, 0) is 11.3 Å². The Morgan fingerprint density at radius 1 is 1.26 bits per heavy atom. The SMILES string of the molecule is COC(=O)Nc1ccc([N+](=O)[O-])c(N(C)Cc2ccccc2)c1. The predicted octanol–water partition coefficient (Wildman–Crippen LogP) is 3.41. The van der Waals surface area contributed by atoms with Gasteiger partial charge in [0.05, 0.1) is 12.0 Å². The molecule has 0 saturated carbocycles. The van der Waals surface area contributed by atoms with E-state index in [1.165, 1.54) is 19.2 Å². The van der Waals surface area contributed by atoms with Crippen LogP contribution in [0.4, 0.5) is 21.9 Å². The summed E-state index contributed by atoms with van der Waals surface area (Å²) in [5.41, 5.74) is 1.83. The largest absolute Gasteiger partial charge is 0.453 e. The van der Waals surface area contributed by atoms with E-state index in [0.29, 0.717) is 17.9 Å². The topological polar surface area (TPSA) is 84.7 Å². The van der Waals surface area contributed by atoms with Crippen LogP contribution in [0.5, 0.6) is 0 Å². The zero-order chi connectivity index (χ0) is 16.8. The van der Waals surface area contributed by atoms with Gasteiger partial charge in [0.2, 0.25) is 0 Å². The molecular formula is C16H17N3O4. The van der Waals surface area contributed by atoms with Crippen molar-refractivity contribution in [1.82, 2.24) is 0 Å². The Bertz CT molecular complexity index is 704. The number of hydrogen-bond acceptors (Lipinski definition) is 5. The van der Waals surface area contributed by atoms with Crippen molar-refractivity contribution in [3.8, 4) is 0 Å². The van der Waals surface area contributed by atoms with Gasteiger partial charge in [-0.2, -0.15) is 0 Å². The highest BCUT2D eigenvalue weighted by Gasteiger charge is 2.18. The van der Waals surface area contributed by atoms with Crippen molar-refractivity contribution in [3.63, 3.8) is 0 Å². The molecule has 0 spiro atoms. The van der Waals surface area contributed by atoms with Crippen molar-refractivity contribution in [2.75, 3.05) is 24.4 Å². The van der Waals surface area contributed by atoms with Crippen molar-refractivity contribution < 1.29 is 14.5 Å². The standard InChI is InChI=1S/C16H17N3O4/c1-18(11-12-6-4-3-5-7-12)15-10-13(17-16(20)23-2)8-9-14(15)19(21)22/h3-10H,11H2,1-2H3,(H,17,20). The zero-order valence-corrected chi connectivity index (χ0v) is 12.9. The minimum Gasteiger partial charge on any atom is -0.453 e. The molecule has 2 aromatic rings. The molecule has 0 atom stereocenters. The number of carbonyl (C=O) groups is 1. The third-order valence-electron chi connectivity index (χ3n) is 3.28. The summed E-state index contributed by atoms with van der Waals surface area (Å²) in [7, 11) is 3.01. The molecule has 0 unspecified atom stereocenters. The monoisotopic (exact) mass is 315 g/mol. The summed E-state index contributed by atoms with van der Waals surface area (Å²) < 4.78 is 4.53. The third kappa shape index (κ3) is 4.19. The van der Waals surface area contributed by atoms with Crippen LogP contribution in [-0.4, -0.2) is 25.2 Å². The first-order valence-corrected chi connectivity index (χ1v) is 6.89. The number of anilines is 2. The van der Waals surface area contributed by atoms with Crippen LogP contribution in [0.15, 0.2) is 48.5 Å². The molecule has 0 aliphatic rings. The third-order valence-corrected chi connectivity index (χ3v) is 3.28. The van der Waals surface area contributed by atoms with Crippen LogP contribution in [0.2, 0.25) is 0 Å². The summed E-state index contributed by atoms with van der Waals surface area (Å²) in [6.45, 7) is 0.503. The van der Waals surface area contributed by atoms with Crippen LogP contribution < -0.4 is 10.2 Å². The average Bonchev–Trinajstić information content (AvgIpc) is 2.55. The van der Waals surface area contributed by atoms with E-state index < -0.39 is 11.0 Å². The second kappa shape index (κ2) is 7.26. The van der Waals surface area contributed by atoms with E-state index in [2.05, 4.69) is 10.1 Å². The molecule has 7 heteroatoms. The van der Waals surface area contributed by atoms with E-state index in [1.54, 1.807) is 18.0 Å². The molecule has 2 aromatic carbocycles. The van der Waals surface area contributed by atoms with Crippen LogP contribution in [0.1, 0.15) is 5.56 Å². The number of nitro groups is 1. The Morgan fingerprint density at radius 2 is 1.96 bits per heavy atom. The van der Waals surface area contributed by atoms with Gasteiger partial charge in [-0.1, -0.05) is 30.3 Å². The summed E-state index contributed by atoms with van der Waals surface area (Å²) in [6.07, 6.45) is -0.629. The first kappa shape index (κ1) is 16.3. The van der Waals surface area contributed by atoms with E-state index in [-0.39, 0.29) is 5.69 Å². The van der Waals surface area contributed by atoms with Gasteiger partial charge >= 0.3 is 6.09 Å². The number of ether oxygens (including phenoxy) is 1. The van der Waals surface area contributed by atoms with E-state index in [0.717, 1.165) is 5.56 Å². The van der Waals surface area contributed by atoms with Crippen molar-refractivity contribution in [2.45, 2.75) is 6.54 Å². The first-order chi connectivity index (χ1) is 11.0. The van der Waals surface area contributed by atoms with E-state index in [4.69, 9.17) is 0 Å². The van der Waals surface area contributed by atoms with Gasteiger partial charge in [-0.3, -0.25) is 15.4 Å². The number of nitro benzene ring substituents is 1. The van der Waals surface area contributed by atoms with Gasteiger partial charge in [0.25, 0.3) is 5.69 Å². The fourth-order valence-corrected chi connectivity index (χ4v) is 2.17. The summed E-state index contributed by atoms with van der Waals surface area (Å²) >= 11 is 0. The highest BCUT2D eigenvalue weighted by atomic mass is 16.6. The van der Waals surface area contributed by atoms with Gasteiger partial charge in [-0.25, -0.2) is 4.79 Å². The highest BCUT2D eigenvalue weighted by Crippen LogP contribution is 2.31. The number of methoxy groups -OCH3 is 1.